The lowest BCUT2D eigenvalue weighted by Gasteiger charge is -2.04. The number of carboxylic acids is 1. The average molecular weight is 298 g/mol. The van der Waals surface area contributed by atoms with Crippen LogP contribution in [0.5, 0.6) is 0 Å². The van der Waals surface area contributed by atoms with Crippen LogP contribution in [-0.4, -0.2) is 21.0 Å². The molecule has 1 aromatic carbocycles. The number of benzene rings is 1. The molecule has 0 unspecified atom stereocenters. The van der Waals surface area contributed by atoms with E-state index in [1.807, 2.05) is 6.07 Å². The first-order chi connectivity index (χ1) is 10.7. The predicted molar refractivity (Wildman–Crippen MR) is 86.9 cm³/mol. The molecule has 1 aromatic heterocycles. The highest BCUT2D eigenvalue weighted by molar-refractivity contribution is 5.88. The number of hydrogen-bond donors (Lipinski definition) is 1. The lowest BCUT2D eigenvalue weighted by molar-refractivity contribution is 0.0697. The van der Waals surface area contributed by atoms with E-state index in [9.17, 15) is 4.79 Å². The second-order valence-electron chi connectivity index (χ2n) is 5.42. The molecule has 0 bridgehead atoms. The number of unbranched alkanes of at least 4 members (excludes halogenated alkanes) is 4. The number of carbonyl (C=O) groups is 1. The van der Waals surface area contributed by atoms with Gasteiger partial charge >= 0.3 is 5.97 Å². The standard InChI is InChI=1S/C18H22N2O2/c1-2-3-4-5-6-7-16-12-13-19-17(20-16)14-8-10-15(11-9-14)18(21)22/h8-13H,2-7H2,1H3,(H,21,22). The summed E-state index contributed by atoms with van der Waals surface area (Å²) in [6.45, 7) is 2.21. The minimum absolute atomic E-state index is 0.274. The average Bonchev–Trinajstić information content (AvgIpc) is 2.55. The first kappa shape index (κ1) is 16.1. The van der Waals surface area contributed by atoms with Crippen LogP contribution in [0.15, 0.2) is 36.5 Å². The molecule has 0 fully saturated rings. The van der Waals surface area contributed by atoms with Gasteiger partial charge in [0.25, 0.3) is 0 Å². The summed E-state index contributed by atoms with van der Waals surface area (Å²) >= 11 is 0. The Balaban J connectivity index is 2.00. The number of hydrogen-bond acceptors (Lipinski definition) is 3. The molecule has 1 N–H and O–H groups in total. The lowest BCUT2D eigenvalue weighted by atomic mass is 10.1. The Morgan fingerprint density at radius 3 is 2.45 bits per heavy atom. The van der Waals surface area contributed by atoms with Gasteiger partial charge in [0.1, 0.15) is 0 Å². The van der Waals surface area contributed by atoms with Gasteiger partial charge in [0, 0.05) is 17.5 Å². The Morgan fingerprint density at radius 1 is 1.05 bits per heavy atom. The van der Waals surface area contributed by atoms with Gasteiger partial charge in [0.05, 0.1) is 5.56 Å². The molecule has 0 spiro atoms. The molecule has 0 atom stereocenters. The van der Waals surface area contributed by atoms with E-state index < -0.39 is 5.97 Å². The topological polar surface area (TPSA) is 63.1 Å². The van der Waals surface area contributed by atoms with E-state index in [2.05, 4.69) is 16.9 Å². The van der Waals surface area contributed by atoms with Gasteiger partial charge in [0.15, 0.2) is 5.82 Å². The summed E-state index contributed by atoms with van der Waals surface area (Å²) in [6, 6.07) is 8.62. The van der Waals surface area contributed by atoms with E-state index in [-0.39, 0.29) is 5.56 Å². The van der Waals surface area contributed by atoms with Crippen molar-refractivity contribution >= 4 is 5.97 Å². The molecule has 0 aliphatic carbocycles. The molecular weight excluding hydrogens is 276 g/mol. The lowest BCUT2D eigenvalue weighted by Crippen LogP contribution is -1.98. The minimum Gasteiger partial charge on any atom is -0.478 e. The molecule has 0 amide bonds. The molecule has 116 valence electrons. The number of aromatic nitrogens is 2. The van der Waals surface area contributed by atoms with Crippen molar-refractivity contribution in [3.8, 4) is 11.4 Å². The Labute approximate surface area is 131 Å². The summed E-state index contributed by atoms with van der Waals surface area (Å²) in [5, 5.41) is 8.92. The van der Waals surface area contributed by atoms with Gasteiger partial charge in [-0.15, -0.1) is 0 Å². The number of aryl methyl sites for hydroxylation is 1. The third kappa shape index (κ3) is 4.65. The van der Waals surface area contributed by atoms with Crippen LogP contribution in [-0.2, 0) is 6.42 Å². The van der Waals surface area contributed by atoms with Gasteiger partial charge in [-0.05, 0) is 31.0 Å². The monoisotopic (exact) mass is 298 g/mol. The quantitative estimate of drug-likeness (QED) is 0.736. The highest BCUT2D eigenvalue weighted by Crippen LogP contribution is 2.16. The Bertz CT molecular complexity index is 609. The van der Waals surface area contributed by atoms with Crippen LogP contribution in [0.2, 0.25) is 0 Å². The number of nitrogens with zero attached hydrogens (tertiary/aromatic N) is 2. The maximum absolute atomic E-state index is 10.9. The fourth-order valence-corrected chi connectivity index (χ4v) is 2.35. The van der Waals surface area contributed by atoms with Crippen LogP contribution in [0, 0.1) is 0 Å². The zero-order valence-corrected chi connectivity index (χ0v) is 13.0. The fourth-order valence-electron chi connectivity index (χ4n) is 2.35. The van der Waals surface area contributed by atoms with E-state index in [0.717, 1.165) is 24.1 Å². The third-order valence-corrected chi connectivity index (χ3v) is 3.64. The van der Waals surface area contributed by atoms with Crippen molar-refractivity contribution in [1.29, 1.82) is 0 Å². The van der Waals surface area contributed by atoms with Crippen LogP contribution in [0.25, 0.3) is 11.4 Å². The third-order valence-electron chi connectivity index (χ3n) is 3.64. The van der Waals surface area contributed by atoms with Crippen molar-refractivity contribution in [2.45, 2.75) is 45.4 Å². The first-order valence-electron chi connectivity index (χ1n) is 7.86. The Kier molecular flexibility index (Phi) is 6.07. The molecular formula is C18H22N2O2. The van der Waals surface area contributed by atoms with Crippen LogP contribution in [0.3, 0.4) is 0 Å². The van der Waals surface area contributed by atoms with Gasteiger partial charge in [-0.2, -0.15) is 0 Å². The zero-order valence-electron chi connectivity index (χ0n) is 13.0. The normalized spacial score (nSPS) is 10.6. The summed E-state index contributed by atoms with van der Waals surface area (Å²) < 4.78 is 0. The van der Waals surface area contributed by atoms with Crippen LogP contribution in [0.4, 0.5) is 0 Å². The molecule has 0 saturated heterocycles. The summed E-state index contributed by atoms with van der Waals surface area (Å²) in [5.74, 6) is -0.267. The van der Waals surface area contributed by atoms with E-state index in [0.29, 0.717) is 5.82 Å². The van der Waals surface area contributed by atoms with E-state index in [4.69, 9.17) is 5.11 Å². The molecule has 4 nitrogen and oxygen atoms in total. The van der Waals surface area contributed by atoms with E-state index in [1.165, 1.54) is 25.7 Å². The van der Waals surface area contributed by atoms with Gasteiger partial charge in [-0.25, -0.2) is 14.8 Å². The summed E-state index contributed by atoms with van der Waals surface area (Å²) in [6.07, 6.45) is 8.95. The molecule has 0 aliphatic heterocycles. The highest BCUT2D eigenvalue weighted by atomic mass is 16.4. The van der Waals surface area contributed by atoms with Gasteiger partial charge in [-0.3, -0.25) is 0 Å². The van der Waals surface area contributed by atoms with E-state index >= 15 is 0 Å². The summed E-state index contributed by atoms with van der Waals surface area (Å²) in [4.78, 5) is 19.7. The molecule has 0 aliphatic rings. The molecule has 2 aromatic rings. The molecule has 0 saturated carbocycles. The predicted octanol–water partition coefficient (Wildman–Crippen LogP) is 4.35. The smallest absolute Gasteiger partial charge is 0.335 e. The fraction of sp³-hybridized carbons (Fsp3) is 0.389. The molecule has 1 heterocycles. The van der Waals surface area contributed by atoms with Crippen LogP contribution >= 0.6 is 0 Å². The van der Waals surface area contributed by atoms with Crippen molar-refractivity contribution in [1.82, 2.24) is 9.97 Å². The second-order valence-corrected chi connectivity index (χ2v) is 5.42. The van der Waals surface area contributed by atoms with Crippen molar-refractivity contribution in [2.24, 2.45) is 0 Å². The van der Waals surface area contributed by atoms with Gasteiger partial charge in [0.2, 0.25) is 0 Å². The Morgan fingerprint density at radius 2 is 1.77 bits per heavy atom. The number of aromatic carboxylic acids is 1. The summed E-state index contributed by atoms with van der Waals surface area (Å²) in [7, 11) is 0. The largest absolute Gasteiger partial charge is 0.478 e. The Hall–Kier alpha value is -2.23. The van der Waals surface area contributed by atoms with Crippen LogP contribution in [0.1, 0.15) is 55.1 Å². The maximum Gasteiger partial charge on any atom is 0.335 e. The van der Waals surface area contributed by atoms with Gasteiger partial charge in [-0.1, -0.05) is 44.7 Å². The highest BCUT2D eigenvalue weighted by Gasteiger charge is 2.06. The first-order valence-corrected chi connectivity index (χ1v) is 7.86. The molecule has 0 radical (unpaired) electrons. The minimum atomic E-state index is -0.923. The van der Waals surface area contributed by atoms with Gasteiger partial charge < -0.3 is 5.11 Å². The summed E-state index contributed by atoms with van der Waals surface area (Å²) in [5.41, 5.74) is 2.16. The molecule has 2 rings (SSSR count). The van der Waals surface area contributed by atoms with Crippen molar-refractivity contribution in [3.63, 3.8) is 0 Å². The molecule has 4 heteroatoms. The second kappa shape index (κ2) is 8.27. The van der Waals surface area contributed by atoms with Crippen molar-refractivity contribution < 1.29 is 9.90 Å². The number of carboxylic acid groups (broad SMARTS) is 1. The van der Waals surface area contributed by atoms with E-state index in [1.54, 1.807) is 30.5 Å². The number of rotatable bonds is 8. The molecule has 22 heavy (non-hydrogen) atoms. The zero-order chi connectivity index (χ0) is 15.8. The SMILES string of the molecule is CCCCCCCc1ccnc(-c2ccc(C(=O)O)cc2)n1. The van der Waals surface area contributed by atoms with Crippen LogP contribution < -0.4 is 0 Å². The van der Waals surface area contributed by atoms with Crippen molar-refractivity contribution in [2.75, 3.05) is 0 Å². The van der Waals surface area contributed by atoms with Crippen molar-refractivity contribution in [3.05, 3.63) is 47.8 Å². The maximum atomic E-state index is 10.9.